The monoisotopic (exact) mass is 433 g/mol. The van der Waals surface area contributed by atoms with Crippen LogP contribution in [0.3, 0.4) is 0 Å². The number of thioether (sulfide) groups is 1. The highest BCUT2D eigenvalue weighted by Crippen LogP contribution is 2.41. The largest absolute Gasteiger partial charge is 0.368 e. The molecule has 6 nitrogen and oxygen atoms in total. The molecule has 1 amide bonds. The summed E-state index contributed by atoms with van der Waals surface area (Å²) in [7, 11) is 0. The second-order valence-corrected chi connectivity index (χ2v) is 9.50. The zero-order chi connectivity index (χ0) is 21.2. The van der Waals surface area contributed by atoms with Crippen molar-refractivity contribution in [3.63, 3.8) is 0 Å². The van der Waals surface area contributed by atoms with Gasteiger partial charge in [-0.15, -0.1) is 10.2 Å². The Labute approximate surface area is 187 Å². The molecule has 1 aliphatic carbocycles. The second-order valence-electron chi connectivity index (χ2n) is 8.19. The summed E-state index contributed by atoms with van der Waals surface area (Å²) in [5.74, 6) is 1.68. The van der Waals surface area contributed by atoms with E-state index >= 15 is 0 Å². The Bertz CT molecular complexity index is 1030. The molecule has 3 aromatic rings. The van der Waals surface area contributed by atoms with Crippen LogP contribution in [-0.2, 0) is 4.79 Å². The van der Waals surface area contributed by atoms with Gasteiger partial charge in [0, 0.05) is 43.5 Å². The summed E-state index contributed by atoms with van der Waals surface area (Å²) in [5.41, 5.74) is 2.29. The van der Waals surface area contributed by atoms with Gasteiger partial charge in [-0.05, 0) is 44.0 Å². The van der Waals surface area contributed by atoms with Gasteiger partial charge < -0.3 is 9.80 Å². The number of carbonyl (C=O) groups excluding carboxylic acids is 1. The Kier molecular flexibility index (Phi) is 5.68. The minimum atomic E-state index is -0.206. The number of nitrogens with zero attached hydrogens (tertiary/aromatic N) is 5. The van der Waals surface area contributed by atoms with Crippen LogP contribution >= 0.6 is 11.8 Å². The molecule has 1 aromatic heterocycles. The van der Waals surface area contributed by atoms with Crippen molar-refractivity contribution in [3.05, 3.63) is 66.5 Å². The lowest BCUT2D eigenvalue weighted by molar-refractivity contribution is -0.130. The fourth-order valence-electron chi connectivity index (χ4n) is 4.07. The average Bonchev–Trinajstić information content (AvgIpc) is 3.60. The van der Waals surface area contributed by atoms with E-state index in [-0.39, 0.29) is 11.2 Å². The molecule has 1 saturated heterocycles. The number of carbonyl (C=O) groups is 1. The van der Waals surface area contributed by atoms with E-state index in [4.69, 9.17) is 0 Å². The first-order valence-electron chi connectivity index (χ1n) is 11.0. The van der Waals surface area contributed by atoms with Gasteiger partial charge in [0.05, 0.1) is 5.25 Å². The number of rotatable bonds is 6. The van der Waals surface area contributed by atoms with Gasteiger partial charge in [0.2, 0.25) is 5.91 Å². The smallest absolute Gasteiger partial charge is 0.236 e. The molecule has 2 aliphatic rings. The Morgan fingerprint density at radius 1 is 0.903 bits per heavy atom. The first-order valence-corrected chi connectivity index (χ1v) is 11.8. The summed E-state index contributed by atoms with van der Waals surface area (Å²) in [6.45, 7) is 5.20. The maximum absolute atomic E-state index is 13.2. The number of hydrogen-bond donors (Lipinski definition) is 0. The predicted molar refractivity (Wildman–Crippen MR) is 124 cm³/mol. The van der Waals surface area contributed by atoms with Crippen LogP contribution in [0.2, 0.25) is 0 Å². The fraction of sp³-hybridized carbons (Fsp3) is 0.375. The predicted octanol–water partition coefficient (Wildman–Crippen LogP) is 3.97. The quantitative estimate of drug-likeness (QED) is 0.551. The van der Waals surface area contributed by atoms with Crippen LogP contribution in [0.4, 0.5) is 5.69 Å². The average molecular weight is 434 g/mol. The lowest BCUT2D eigenvalue weighted by Crippen LogP contribution is -2.50. The van der Waals surface area contributed by atoms with Crippen molar-refractivity contribution in [1.82, 2.24) is 19.7 Å². The van der Waals surface area contributed by atoms with Crippen molar-refractivity contribution < 1.29 is 4.79 Å². The highest BCUT2D eigenvalue weighted by atomic mass is 32.2. The Morgan fingerprint density at radius 3 is 2.13 bits per heavy atom. The first-order chi connectivity index (χ1) is 15.2. The number of anilines is 1. The van der Waals surface area contributed by atoms with E-state index in [2.05, 4.69) is 56.1 Å². The summed E-state index contributed by atoms with van der Waals surface area (Å²) in [5, 5.41) is 9.55. The van der Waals surface area contributed by atoms with E-state index in [9.17, 15) is 4.79 Å². The second kappa shape index (κ2) is 8.75. The minimum Gasteiger partial charge on any atom is -0.368 e. The fourth-order valence-corrected chi connectivity index (χ4v) is 5.03. The summed E-state index contributed by atoms with van der Waals surface area (Å²) >= 11 is 1.51. The van der Waals surface area contributed by atoms with Crippen molar-refractivity contribution in [2.45, 2.75) is 36.1 Å². The Morgan fingerprint density at radius 2 is 1.52 bits per heavy atom. The molecule has 0 N–H and O–H groups in total. The molecule has 2 heterocycles. The van der Waals surface area contributed by atoms with Crippen LogP contribution in [0, 0.1) is 0 Å². The number of aromatic nitrogens is 3. The standard InChI is InChI=1S/C24H27N5OS/c1-18(23(30)28-16-14-27(15-17-28)20-8-4-2-5-9-20)31-24-26-25-22(19-12-13-19)29(24)21-10-6-3-7-11-21/h2-11,18-19H,12-17H2,1H3. The van der Waals surface area contributed by atoms with Gasteiger partial charge in [0.25, 0.3) is 0 Å². The lowest BCUT2D eigenvalue weighted by Gasteiger charge is -2.37. The van der Waals surface area contributed by atoms with E-state index in [0.29, 0.717) is 5.92 Å². The minimum absolute atomic E-state index is 0.174. The van der Waals surface area contributed by atoms with Crippen molar-refractivity contribution in [2.24, 2.45) is 0 Å². The first kappa shape index (κ1) is 20.1. The molecular formula is C24H27N5OS. The van der Waals surface area contributed by atoms with E-state index in [1.807, 2.05) is 36.1 Å². The molecule has 1 aliphatic heterocycles. The third-order valence-electron chi connectivity index (χ3n) is 5.96. The van der Waals surface area contributed by atoms with Crippen LogP contribution in [0.5, 0.6) is 0 Å². The molecule has 1 atom stereocenters. The van der Waals surface area contributed by atoms with Crippen molar-refractivity contribution in [1.29, 1.82) is 0 Å². The van der Waals surface area contributed by atoms with Crippen molar-refractivity contribution in [3.8, 4) is 5.69 Å². The SMILES string of the molecule is CC(Sc1nnc(C2CC2)n1-c1ccccc1)C(=O)N1CCN(c2ccccc2)CC1. The molecule has 0 spiro atoms. The van der Waals surface area contributed by atoms with Crippen LogP contribution < -0.4 is 4.90 Å². The van der Waals surface area contributed by atoms with Crippen LogP contribution in [0.25, 0.3) is 5.69 Å². The van der Waals surface area contributed by atoms with E-state index in [1.165, 1.54) is 17.4 Å². The molecule has 160 valence electrons. The molecule has 1 unspecified atom stereocenters. The van der Waals surface area contributed by atoms with Crippen molar-refractivity contribution in [2.75, 3.05) is 31.1 Å². The normalized spacial score (nSPS) is 17.6. The van der Waals surface area contributed by atoms with Crippen molar-refractivity contribution >= 4 is 23.4 Å². The summed E-state index contributed by atoms with van der Waals surface area (Å²) < 4.78 is 2.14. The third-order valence-corrected chi connectivity index (χ3v) is 6.99. The number of amides is 1. The van der Waals surface area contributed by atoms with Crippen LogP contribution in [0.15, 0.2) is 65.8 Å². The van der Waals surface area contributed by atoms with Gasteiger partial charge in [-0.2, -0.15) is 0 Å². The maximum Gasteiger partial charge on any atom is 0.236 e. The Hall–Kier alpha value is -2.80. The Balaban J connectivity index is 1.27. The number of piperazine rings is 1. The van der Waals surface area contributed by atoms with Gasteiger partial charge in [-0.25, -0.2) is 0 Å². The topological polar surface area (TPSA) is 54.3 Å². The lowest BCUT2D eigenvalue weighted by atomic mass is 10.2. The van der Waals surface area contributed by atoms with Gasteiger partial charge in [-0.1, -0.05) is 48.2 Å². The van der Waals surface area contributed by atoms with Gasteiger partial charge in [-0.3, -0.25) is 9.36 Å². The molecule has 31 heavy (non-hydrogen) atoms. The molecule has 2 aromatic carbocycles. The molecule has 2 fully saturated rings. The number of para-hydroxylation sites is 2. The van der Waals surface area contributed by atoms with Gasteiger partial charge >= 0.3 is 0 Å². The molecular weight excluding hydrogens is 406 g/mol. The summed E-state index contributed by atoms with van der Waals surface area (Å²) in [6, 6.07) is 20.6. The number of benzene rings is 2. The summed E-state index contributed by atoms with van der Waals surface area (Å²) in [6.07, 6.45) is 2.33. The highest BCUT2D eigenvalue weighted by molar-refractivity contribution is 8.00. The zero-order valence-corrected chi connectivity index (χ0v) is 18.5. The van der Waals surface area contributed by atoms with Gasteiger partial charge in [0.1, 0.15) is 5.82 Å². The molecule has 0 radical (unpaired) electrons. The number of hydrogen-bond acceptors (Lipinski definition) is 5. The van der Waals surface area contributed by atoms with Crippen LogP contribution in [-0.4, -0.2) is 57.0 Å². The van der Waals surface area contributed by atoms with Gasteiger partial charge in [0.15, 0.2) is 5.16 Å². The molecule has 7 heteroatoms. The van der Waals surface area contributed by atoms with E-state index in [0.717, 1.165) is 55.7 Å². The van der Waals surface area contributed by atoms with Crippen LogP contribution in [0.1, 0.15) is 31.5 Å². The van der Waals surface area contributed by atoms with E-state index in [1.54, 1.807) is 0 Å². The third kappa shape index (κ3) is 4.32. The molecule has 1 saturated carbocycles. The molecule has 0 bridgehead atoms. The van der Waals surface area contributed by atoms with E-state index < -0.39 is 0 Å². The molecule has 5 rings (SSSR count). The summed E-state index contributed by atoms with van der Waals surface area (Å²) in [4.78, 5) is 17.5. The highest BCUT2D eigenvalue weighted by Gasteiger charge is 2.32. The zero-order valence-electron chi connectivity index (χ0n) is 17.7. The maximum atomic E-state index is 13.2.